The lowest BCUT2D eigenvalue weighted by molar-refractivity contribution is 0.596. The monoisotopic (exact) mass is 461 g/mol. The van der Waals surface area contributed by atoms with Crippen LogP contribution in [0.3, 0.4) is 0 Å². The van der Waals surface area contributed by atoms with Gasteiger partial charge in [-0.05, 0) is 54.6 Å². The molecule has 0 saturated heterocycles. The lowest BCUT2D eigenvalue weighted by Gasteiger charge is -2.09. The van der Waals surface area contributed by atoms with E-state index in [1.54, 1.807) is 31.3 Å². The molecule has 0 saturated carbocycles. The number of anilines is 1. The predicted octanol–water partition coefficient (Wildman–Crippen LogP) is 4.56. The van der Waals surface area contributed by atoms with Crippen LogP contribution in [-0.4, -0.2) is 29.3 Å². The van der Waals surface area contributed by atoms with Crippen molar-refractivity contribution in [1.82, 2.24) is 14.6 Å². The summed E-state index contributed by atoms with van der Waals surface area (Å²) in [5.74, 6) is -0.0241. The highest BCUT2D eigenvalue weighted by molar-refractivity contribution is 7.92. The first-order valence-electron chi connectivity index (χ1n) is 9.83. The van der Waals surface area contributed by atoms with Crippen LogP contribution in [0.4, 0.5) is 5.82 Å². The van der Waals surface area contributed by atoms with Crippen LogP contribution in [0.2, 0.25) is 0 Å². The lowest BCUT2D eigenvalue weighted by Crippen LogP contribution is -2.08. The van der Waals surface area contributed by atoms with Crippen molar-refractivity contribution in [2.24, 2.45) is 5.10 Å². The molecule has 7 nitrogen and oxygen atoms in total. The average Bonchev–Trinajstić information content (AvgIpc) is 3.38. The summed E-state index contributed by atoms with van der Waals surface area (Å²) in [6.07, 6.45) is 1.63. The molecule has 0 aliphatic heterocycles. The molecule has 0 aliphatic carbocycles. The number of nitrogens with zero attached hydrogens (tertiary/aromatic N) is 4. The van der Waals surface area contributed by atoms with Crippen LogP contribution in [-0.2, 0) is 9.84 Å². The first kappa shape index (κ1) is 20.3. The van der Waals surface area contributed by atoms with E-state index in [-0.39, 0.29) is 26.8 Å². The number of fused-ring (bicyclic) bond motifs is 2. The van der Waals surface area contributed by atoms with Gasteiger partial charge >= 0.3 is 0 Å². The Kier molecular flexibility index (Phi) is 4.79. The van der Waals surface area contributed by atoms with Gasteiger partial charge in [0.1, 0.15) is 16.2 Å². The molecule has 2 aromatic carbocycles. The lowest BCUT2D eigenvalue weighted by atomic mass is 10.2. The molecule has 5 rings (SSSR count). The Balaban J connectivity index is 1.85. The molecule has 3 heterocycles. The van der Waals surface area contributed by atoms with Gasteiger partial charge in [-0.25, -0.2) is 18.4 Å². The molecule has 0 bridgehead atoms. The minimum absolute atomic E-state index is 0.0241. The third kappa shape index (κ3) is 3.26. The van der Waals surface area contributed by atoms with Gasteiger partial charge in [0.25, 0.3) is 0 Å². The van der Waals surface area contributed by atoms with E-state index in [9.17, 15) is 8.42 Å². The maximum atomic E-state index is 13.8. The van der Waals surface area contributed by atoms with E-state index in [4.69, 9.17) is 5.73 Å². The number of sulfone groups is 1. The molecule has 2 N–H and O–H groups in total. The Bertz CT molecular complexity index is 1620. The van der Waals surface area contributed by atoms with Crippen LogP contribution >= 0.6 is 11.3 Å². The average molecular weight is 462 g/mol. The van der Waals surface area contributed by atoms with Gasteiger partial charge < -0.3 is 5.73 Å². The predicted molar refractivity (Wildman–Crippen MR) is 128 cm³/mol. The van der Waals surface area contributed by atoms with Gasteiger partial charge in [0.05, 0.1) is 22.1 Å². The largest absolute Gasteiger partial charge is 0.382 e. The van der Waals surface area contributed by atoms with Crippen molar-refractivity contribution in [2.75, 3.05) is 5.73 Å². The molecular weight excluding hydrogens is 442 g/mol. The molecule has 0 amide bonds. The van der Waals surface area contributed by atoms with Crippen molar-refractivity contribution in [1.29, 1.82) is 0 Å². The first-order valence-corrected chi connectivity index (χ1v) is 12.2. The number of nitrogen functional groups attached to an aromatic ring is 1. The van der Waals surface area contributed by atoms with Gasteiger partial charge in [-0.2, -0.15) is 9.78 Å². The topological polar surface area (TPSA) is 103 Å². The van der Waals surface area contributed by atoms with Crippen molar-refractivity contribution in [3.63, 3.8) is 0 Å². The molecule has 0 aliphatic rings. The SMILES string of the molecule is Cc1ccc(C)c(S(=O)(=O)c2c(N)n(N=Cc3cccs3)c3nc4ccccc4nc23)c1. The minimum atomic E-state index is -3.99. The Morgan fingerprint density at radius 3 is 2.50 bits per heavy atom. The molecule has 0 fully saturated rings. The number of nitrogens with two attached hydrogens (primary N) is 1. The summed E-state index contributed by atoms with van der Waals surface area (Å²) in [7, 11) is -3.99. The van der Waals surface area contributed by atoms with Gasteiger partial charge in [0, 0.05) is 4.88 Å². The number of benzene rings is 2. The summed E-state index contributed by atoms with van der Waals surface area (Å²) in [6.45, 7) is 3.61. The molecule has 0 radical (unpaired) electrons. The Labute approximate surface area is 188 Å². The van der Waals surface area contributed by atoms with Crippen molar-refractivity contribution < 1.29 is 8.42 Å². The summed E-state index contributed by atoms with van der Waals surface area (Å²) in [4.78, 5) is 10.3. The van der Waals surface area contributed by atoms with Crippen molar-refractivity contribution >= 4 is 55.4 Å². The van der Waals surface area contributed by atoms with Gasteiger partial charge in [-0.1, -0.05) is 30.3 Å². The maximum absolute atomic E-state index is 13.8. The van der Waals surface area contributed by atoms with Gasteiger partial charge in [-0.15, -0.1) is 11.3 Å². The summed E-state index contributed by atoms with van der Waals surface area (Å²) in [5, 5.41) is 6.39. The molecular formula is C23H19N5O2S2. The quantitative estimate of drug-likeness (QED) is 0.395. The van der Waals surface area contributed by atoms with Crippen LogP contribution in [0.15, 0.2) is 74.9 Å². The van der Waals surface area contributed by atoms with Crippen LogP contribution in [0.1, 0.15) is 16.0 Å². The van der Waals surface area contributed by atoms with Crippen LogP contribution in [0.25, 0.3) is 22.2 Å². The smallest absolute Gasteiger partial charge is 0.212 e. The van der Waals surface area contributed by atoms with E-state index >= 15 is 0 Å². The third-order valence-corrected chi connectivity index (χ3v) is 7.94. The summed E-state index contributed by atoms with van der Waals surface area (Å²) >= 11 is 1.51. The number of thiophene rings is 1. The maximum Gasteiger partial charge on any atom is 0.212 e. The molecule has 0 atom stereocenters. The molecule has 5 aromatic rings. The van der Waals surface area contributed by atoms with Crippen LogP contribution < -0.4 is 5.73 Å². The van der Waals surface area contributed by atoms with Gasteiger partial charge in [0.2, 0.25) is 9.84 Å². The standard InChI is InChI=1S/C23H19N5O2S2/c1-14-9-10-15(2)19(12-14)32(29,30)21-20-23(27-18-8-4-3-7-17(18)26-20)28(22(21)24)25-13-16-6-5-11-31-16/h3-13H,24H2,1-2H3. The fourth-order valence-corrected chi connectivity index (χ4v) is 5.98. The zero-order valence-electron chi connectivity index (χ0n) is 17.4. The van der Waals surface area contributed by atoms with Crippen LogP contribution in [0, 0.1) is 13.8 Å². The second-order valence-electron chi connectivity index (χ2n) is 7.44. The van der Waals surface area contributed by atoms with E-state index in [1.165, 1.54) is 16.0 Å². The van der Waals surface area contributed by atoms with Crippen molar-refractivity contribution in [2.45, 2.75) is 23.6 Å². The zero-order chi connectivity index (χ0) is 22.5. The molecule has 3 aromatic heterocycles. The second-order valence-corrected chi connectivity index (χ2v) is 10.3. The zero-order valence-corrected chi connectivity index (χ0v) is 19.0. The molecule has 160 valence electrons. The van der Waals surface area contributed by atoms with Crippen LogP contribution in [0.5, 0.6) is 0 Å². The van der Waals surface area contributed by atoms with E-state index in [0.717, 1.165) is 10.4 Å². The summed E-state index contributed by atoms with van der Waals surface area (Å²) in [6, 6.07) is 16.4. The first-order chi connectivity index (χ1) is 15.4. The van der Waals surface area contributed by atoms with Crippen molar-refractivity contribution in [3.8, 4) is 0 Å². The second kappa shape index (κ2) is 7.54. The number of rotatable bonds is 4. The highest BCUT2D eigenvalue weighted by atomic mass is 32.2. The number of hydrogen-bond donors (Lipinski definition) is 1. The Hall–Kier alpha value is -3.56. The van der Waals surface area contributed by atoms with E-state index in [2.05, 4.69) is 15.1 Å². The van der Waals surface area contributed by atoms with E-state index < -0.39 is 9.84 Å². The summed E-state index contributed by atoms with van der Waals surface area (Å²) in [5.41, 5.74) is 9.59. The van der Waals surface area contributed by atoms with Crippen molar-refractivity contribution in [3.05, 3.63) is 76.0 Å². The van der Waals surface area contributed by atoms with Gasteiger partial charge in [0.15, 0.2) is 5.65 Å². The highest BCUT2D eigenvalue weighted by Gasteiger charge is 2.31. The number of para-hydroxylation sites is 2. The molecule has 0 unspecified atom stereocenters. The third-order valence-electron chi connectivity index (χ3n) is 5.17. The van der Waals surface area contributed by atoms with E-state index in [1.807, 2.05) is 48.7 Å². The summed E-state index contributed by atoms with van der Waals surface area (Å²) < 4.78 is 29.0. The Morgan fingerprint density at radius 1 is 1.03 bits per heavy atom. The minimum Gasteiger partial charge on any atom is -0.382 e. The van der Waals surface area contributed by atoms with E-state index in [0.29, 0.717) is 16.6 Å². The molecule has 32 heavy (non-hydrogen) atoms. The fraction of sp³-hybridized carbons (Fsp3) is 0.0870. The van der Waals surface area contributed by atoms with Gasteiger partial charge in [-0.3, -0.25) is 0 Å². The fourth-order valence-electron chi connectivity index (χ4n) is 3.59. The Morgan fingerprint density at radius 2 is 1.78 bits per heavy atom. The normalized spacial score (nSPS) is 12.3. The highest BCUT2D eigenvalue weighted by Crippen LogP contribution is 2.36. The molecule has 9 heteroatoms. The number of aryl methyl sites for hydroxylation is 2. The number of aromatic nitrogens is 3. The molecule has 0 spiro atoms. The number of hydrogen-bond acceptors (Lipinski definition) is 7.